The molecule has 25 heavy (non-hydrogen) atoms. The zero-order valence-electron chi connectivity index (χ0n) is 13.5. The quantitative estimate of drug-likeness (QED) is 0.829. The van der Waals surface area contributed by atoms with E-state index in [1.807, 2.05) is 24.3 Å². The number of aliphatic imine (C=N–C) groups is 1. The molecular formula is C18H16BrN3O3. The van der Waals surface area contributed by atoms with E-state index < -0.39 is 5.91 Å². The lowest BCUT2D eigenvalue weighted by molar-refractivity contribution is -0.120. The van der Waals surface area contributed by atoms with Gasteiger partial charge in [0.05, 0.1) is 25.1 Å². The molecule has 0 unspecified atom stereocenters. The maximum atomic E-state index is 12.5. The zero-order valence-corrected chi connectivity index (χ0v) is 15.0. The van der Waals surface area contributed by atoms with Gasteiger partial charge in [-0.15, -0.1) is 0 Å². The molecule has 1 aliphatic rings. The highest BCUT2D eigenvalue weighted by molar-refractivity contribution is 9.10. The van der Waals surface area contributed by atoms with Crippen LogP contribution >= 0.6 is 15.9 Å². The van der Waals surface area contributed by atoms with Crippen molar-refractivity contribution in [2.45, 2.75) is 12.5 Å². The normalized spacial score (nSPS) is 16.6. The van der Waals surface area contributed by atoms with Gasteiger partial charge in [-0.3, -0.25) is 20.2 Å². The third-order valence-electron chi connectivity index (χ3n) is 3.76. The second kappa shape index (κ2) is 7.48. The van der Waals surface area contributed by atoms with Gasteiger partial charge in [0.1, 0.15) is 5.75 Å². The van der Waals surface area contributed by atoms with Crippen LogP contribution < -0.4 is 15.4 Å². The maximum Gasteiger partial charge on any atom is 0.261 e. The predicted molar refractivity (Wildman–Crippen MR) is 97.5 cm³/mol. The Labute approximate surface area is 153 Å². The molecule has 0 fully saturated rings. The van der Waals surface area contributed by atoms with Gasteiger partial charge in [0.2, 0.25) is 11.9 Å². The van der Waals surface area contributed by atoms with Crippen LogP contribution in [-0.4, -0.2) is 24.9 Å². The Kier molecular flexibility index (Phi) is 5.14. The topological polar surface area (TPSA) is 79.8 Å². The molecule has 0 radical (unpaired) electrons. The molecule has 2 aromatic rings. The largest absolute Gasteiger partial charge is 0.496 e. The minimum absolute atomic E-state index is 0.139. The van der Waals surface area contributed by atoms with Crippen molar-refractivity contribution < 1.29 is 14.3 Å². The minimum atomic E-state index is -0.395. The molecule has 2 aromatic carbocycles. The predicted octanol–water partition coefficient (Wildman–Crippen LogP) is 2.80. The van der Waals surface area contributed by atoms with Crippen molar-refractivity contribution in [2.75, 3.05) is 7.11 Å². The first-order valence-electron chi connectivity index (χ1n) is 7.64. The van der Waals surface area contributed by atoms with Crippen LogP contribution in [0.5, 0.6) is 5.75 Å². The summed E-state index contributed by atoms with van der Waals surface area (Å²) in [5.74, 6) is -0.00141. The summed E-state index contributed by atoms with van der Waals surface area (Å²) in [4.78, 5) is 28.9. The number of guanidine groups is 1. The number of nitrogens with one attached hydrogen (secondary N) is 2. The van der Waals surface area contributed by atoms with Crippen molar-refractivity contribution in [3.05, 3.63) is 64.1 Å². The molecule has 0 spiro atoms. The van der Waals surface area contributed by atoms with Crippen LogP contribution in [0.1, 0.15) is 28.4 Å². The number of nitrogens with zero attached hydrogens (tertiary/aromatic N) is 1. The van der Waals surface area contributed by atoms with E-state index in [1.54, 1.807) is 24.3 Å². The minimum Gasteiger partial charge on any atom is -0.496 e. The molecule has 3 rings (SSSR count). The Morgan fingerprint density at radius 1 is 1.24 bits per heavy atom. The summed E-state index contributed by atoms with van der Waals surface area (Å²) in [5, 5.41) is 5.24. The van der Waals surface area contributed by atoms with Crippen molar-refractivity contribution in [1.82, 2.24) is 10.6 Å². The molecular weight excluding hydrogens is 386 g/mol. The molecule has 0 saturated heterocycles. The van der Waals surface area contributed by atoms with E-state index in [0.29, 0.717) is 11.3 Å². The van der Waals surface area contributed by atoms with E-state index in [0.717, 1.165) is 10.0 Å². The summed E-state index contributed by atoms with van der Waals surface area (Å²) in [6.45, 7) is 0. The molecule has 0 aliphatic carbocycles. The van der Waals surface area contributed by atoms with Gasteiger partial charge in [-0.25, -0.2) is 4.99 Å². The highest BCUT2D eigenvalue weighted by Crippen LogP contribution is 2.25. The SMILES string of the molecule is COc1ccccc1C(=O)NC1=N[C@@H](c2ccc(Br)cc2)CC(=O)N1. The second-order valence-corrected chi connectivity index (χ2v) is 6.37. The Morgan fingerprint density at radius 2 is 1.96 bits per heavy atom. The highest BCUT2D eigenvalue weighted by atomic mass is 79.9. The molecule has 0 saturated carbocycles. The average molecular weight is 402 g/mol. The number of carbonyl (C=O) groups is 2. The molecule has 2 amide bonds. The molecule has 1 aliphatic heterocycles. The third-order valence-corrected chi connectivity index (χ3v) is 4.29. The number of benzene rings is 2. The number of hydrogen-bond acceptors (Lipinski definition) is 4. The van der Waals surface area contributed by atoms with Crippen LogP contribution in [0.15, 0.2) is 58.0 Å². The fourth-order valence-electron chi connectivity index (χ4n) is 2.54. The first-order chi connectivity index (χ1) is 12.1. The number of amides is 2. The van der Waals surface area contributed by atoms with Gasteiger partial charge in [0, 0.05) is 4.47 Å². The number of hydrogen-bond donors (Lipinski definition) is 2. The summed E-state index contributed by atoms with van der Waals surface area (Å²) < 4.78 is 6.14. The Morgan fingerprint density at radius 3 is 2.68 bits per heavy atom. The fraction of sp³-hybridized carbons (Fsp3) is 0.167. The van der Waals surface area contributed by atoms with E-state index in [4.69, 9.17) is 4.74 Å². The number of methoxy groups -OCH3 is 1. The van der Waals surface area contributed by atoms with Gasteiger partial charge < -0.3 is 4.74 Å². The van der Waals surface area contributed by atoms with Gasteiger partial charge in [-0.2, -0.15) is 0 Å². The fourth-order valence-corrected chi connectivity index (χ4v) is 2.80. The van der Waals surface area contributed by atoms with E-state index >= 15 is 0 Å². The summed E-state index contributed by atoms with van der Waals surface area (Å²) in [7, 11) is 1.50. The summed E-state index contributed by atoms with van der Waals surface area (Å²) in [5.41, 5.74) is 1.27. The number of rotatable bonds is 3. The van der Waals surface area contributed by atoms with Crippen molar-refractivity contribution in [3.63, 3.8) is 0 Å². The average Bonchev–Trinajstić information content (AvgIpc) is 2.61. The van der Waals surface area contributed by atoms with Crippen LogP contribution in [-0.2, 0) is 4.79 Å². The van der Waals surface area contributed by atoms with Gasteiger partial charge in [-0.1, -0.05) is 40.2 Å². The van der Waals surface area contributed by atoms with Crippen LogP contribution in [0.25, 0.3) is 0 Å². The molecule has 2 N–H and O–H groups in total. The Bertz CT molecular complexity index is 834. The van der Waals surface area contributed by atoms with Crippen LogP contribution in [0.4, 0.5) is 0 Å². The van der Waals surface area contributed by atoms with E-state index in [-0.39, 0.29) is 24.3 Å². The van der Waals surface area contributed by atoms with Crippen molar-refractivity contribution in [2.24, 2.45) is 4.99 Å². The third kappa shape index (κ3) is 4.06. The molecule has 128 valence electrons. The van der Waals surface area contributed by atoms with Gasteiger partial charge in [0.15, 0.2) is 0 Å². The molecule has 1 atom stereocenters. The van der Waals surface area contributed by atoms with Gasteiger partial charge in [0.25, 0.3) is 5.91 Å². The van der Waals surface area contributed by atoms with Crippen LogP contribution in [0.3, 0.4) is 0 Å². The van der Waals surface area contributed by atoms with Crippen molar-refractivity contribution in [1.29, 1.82) is 0 Å². The van der Waals surface area contributed by atoms with E-state index in [2.05, 4.69) is 31.6 Å². The lowest BCUT2D eigenvalue weighted by atomic mass is 10.0. The monoisotopic (exact) mass is 401 g/mol. The molecule has 0 bridgehead atoms. The number of carbonyl (C=O) groups excluding carboxylic acids is 2. The summed E-state index contributed by atoms with van der Waals surface area (Å²) >= 11 is 3.38. The molecule has 6 nitrogen and oxygen atoms in total. The van der Waals surface area contributed by atoms with Crippen LogP contribution in [0.2, 0.25) is 0 Å². The lowest BCUT2D eigenvalue weighted by Crippen LogP contribution is -2.47. The van der Waals surface area contributed by atoms with Gasteiger partial charge >= 0.3 is 0 Å². The number of halogens is 1. The molecule has 0 aromatic heterocycles. The number of para-hydroxylation sites is 1. The van der Waals surface area contributed by atoms with Gasteiger partial charge in [-0.05, 0) is 29.8 Å². The molecule has 1 heterocycles. The van der Waals surface area contributed by atoms with E-state index in [1.165, 1.54) is 7.11 Å². The Hall–Kier alpha value is -2.67. The Balaban J connectivity index is 1.82. The standard InChI is InChI=1S/C18H16BrN3O3/c1-25-15-5-3-2-4-13(15)17(24)22-18-20-14(10-16(23)21-18)11-6-8-12(19)9-7-11/h2-9,14H,10H2,1H3,(H2,20,21,22,23,24)/t14-/m1/s1. The smallest absolute Gasteiger partial charge is 0.261 e. The van der Waals surface area contributed by atoms with Crippen molar-refractivity contribution in [3.8, 4) is 5.75 Å². The summed E-state index contributed by atoms with van der Waals surface area (Å²) in [6, 6.07) is 14.1. The van der Waals surface area contributed by atoms with Crippen LogP contribution in [0, 0.1) is 0 Å². The first-order valence-corrected chi connectivity index (χ1v) is 8.43. The first kappa shape index (κ1) is 17.2. The lowest BCUT2D eigenvalue weighted by Gasteiger charge is -2.21. The maximum absolute atomic E-state index is 12.5. The van der Waals surface area contributed by atoms with Crippen molar-refractivity contribution >= 4 is 33.7 Å². The zero-order chi connectivity index (χ0) is 17.8. The number of ether oxygens (including phenoxy) is 1. The second-order valence-electron chi connectivity index (χ2n) is 5.45. The van der Waals surface area contributed by atoms with E-state index in [9.17, 15) is 9.59 Å². The molecule has 7 heteroatoms. The summed E-state index contributed by atoms with van der Waals surface area (Å²) in [6.07, 6.45) is 0.232. The highest BCUT2D eigenvalue weighted by Gasteiger charge is 2.24.